The van der Waals surface area contributed by atoms with Crippen molar-refractivity contribution in [2.75, 3.05) is 37.5 Å². The summed E-state index contributed by atoms with van der Waals surface area (Å²) in [6.45, 7) is 3.85. The third-order valence-corrected chi connectivity index (χ3v) is 13.5. The number of benzene rings is 2. The minimum absolute atomic E-state index is 0.0175. The van der Waals surface area contributed by atoms with Crippen LogP contribution in [0.2, 0.25) is 5.02 Å². The molecule has 1 saturated carbocycles. The summed E-state index contributed by atoms with van der Waals surface area (Å²) in [6, 6.07) is 11.4. The fourth-order valence-corrected chi connectivity index (χ4v) is 10.5. The molecule has 6 atom stereocenters. The van der Waals surface area contributed by atoms with Crippen LogP contribution in [0.1, 0.15) is 71.0 Å². The molecule has 2 bridgehead atoms. The van der Waals surface area contributed by atoms with Crippen molar-refractivity contribution in [3.8, 4) is 5.75 Å². The number of allylic oxidation sites excluding steroid dienone is 1. The third-order valence-electron chi connectivity index (χ3n) is 11.3. The fraction of sp³-hybridized carbons (Fsp3) is 0.500. The molecule has 1 fully saturated rings. The van der Waals surface area contributed by atoms with E-state index in [2.05, 4.69) is 32.2 Å². The number of rotatable bonds is 3. The van der Waals surface area contributed by atoms with E-state index < -0.39 is 27.4 Å². The van der Waals surface area contributed by atoms with E-state index in [1.165, 1.54) is 40.6 Å². The van der Waals surface area contributed by atoms with Gasteiger partial charge in [0.05, 0.1) is 24.2 Å². The van der Waals surface area contributed by atoms with Gasteiger partial charge in [-0.05, 0) is 97.7 Å². The highest BCUT2D eigenvalue weighted by atomic mass is 35.5. The number of nitrogens with one attached hydrogen (secondary N) is 1. The molecule has 4 aliphatic rings. The van der Waals surface area contributed by atoms with Crippen LogP contribution in [0, 0.1) is 17.8 Å². The number of nitrogens with zero attached hydrogens (tertiary/aromatic N) is 4. The van der Waals surface area contributed by atoms with Gasteiger partial charge in [0.2, 0.25) is 0 Å². The highest BCUT2D eigenvalue weighted by Crippen LogP contribution is 2.47. The molecule has 1 N–H and O–H groups in total. The number of aromatic nitrogens is 2. The van der Waals surface area contributed by atoms with Gasteiger partial charge in [-0.3, -0.25) is 18.9 Å². The maximum atomic E-state index is 14.5. The van der Waals surface area contributed by atoms with E-state index in [0.29, 0.717) is 37.2 Å². The van der Waals surface area contributed by atoms with Crippen molar-refractivity contribution in [3.63, 3.8) is 0 Å². The highest BCUT2D eigenvalue weighted by Gasteiger charge is 2.44. The van der Waals surface area contributed by atoms with Crippen molar-refractivity contribution in [1.82, 2.24) is 13.9 Å². The summed E-state index contributed by atoms with van der Waals surface area (Å²) in [5.41, 5.74) is 2.89. The van der Waals surface area contributed by atoms with Crippen LogP contribution in [0.15, 0.2) is 63.9 Å². The van der Waals surface area contributed by atoms with Crippen LogP contribution < -0.4 is 20.0 Å². The Kier molecular flexibility index (Phi) is 9.70. The lowest BCUT2D eigenvalue weighted by Gasteiger charge is -2.46. The number of methoxy groups -OCH3 is 1. The maximum absolute atomic E-state index is 14.5. The summed E-state index contributed by atoms with van der Waals surface area (Å²) in [6.07, 6.45) is 11.0. The maximum Gasteiger partial charge on any atom is 0.328 e. The summed E-state index contributed by atoms with van der Waals surface area (Å²) in [7, 11) is 1.11. The number of halogens is 1. The predicted molar refractivity (Wildman–Crippen MR) is 198 cm³/mol. The van der Waals surface area contributed by atoms with Crippen molar-refractivity contribution in [2.24, 2.45) is 36.2 Å². The molecule has 3 heterocycles. The second-order valence-corrected chi connectivity index (χ2v) is 17.3. The van der Waals surface area contributed by atoms with Gasteiger partial charge in [0.1, 0.15) is 21.4 Å². The number of aryl methyl sites for hydroxylation is 2. The molecule has 272 valence electrons. The molecule has 1 aromatic heterocycles. The molecule has 2 aromatic carbocycles. The van der Waals surface area contributed by atoms with Crippen LogP contribution >= 0.6 is 11.6 Å². The van der Waals surface area contributed by atoms with E-state index in [0.717, 1.165) is 49.4 Å². The number of carbonyl (C=O) groups excluding carboxylic acids is 2. The number of hydrogen-bond donors (Lipinski definition) is 1. The molecular weight excluding hydrogens is 690 g/mol. The second kappa shape index (κ2) is 13.9. The molecule has 0 saturated heterocycles. The third kappa shape index (κ3) is 6.90. The predicted octanol–water partition coefficient (Wildman–Crippen LogP) is 5.44. The van der Waals surface area contributed by atoms with E-state index in [4.69, 9.17) is 21.1 Å². The average Bonchev–Trinajstić information content (AvgIpc) is 3.24. The Bertz CT molecular complexity index is 2080. The molecule has 3 aromatic rings. The Morgan fingerprint density at radius 2 is 1.98 bits per heavy atom. The highest BCUT2D eigenvalue weighted by molar-refractivity contribution is 7.92. The van der Waals surface area contributed by atoms with Gasteiger partial charge in [-0.15, -0.1) is 4.36 Å². The number of imidazole rings is 1. The number of carbonyl (C=O) groups is 2. The summed E-state index contributed by atoms with van der Waals surface area (Å²) in [5.74, 6) is -0.344. The lowest BCUT2D eigenvalue weighted by molar-refractivity contribution is 0.0131. The fourth-order valence-electron chi connectivity index (χ4n) is 8.44. The Morgan fingerprint density at radius 1 is 1.16 bits per heavy atom. The second-order valence-electron chi connectivity index (χ2n) is 14.9. The van der Waals surface area contributed by atoms with Crippen LogP contribution in [-0.4, -0.2) is 63.8 Å². The molecule has 0 radical (unpaired) electrons. The summed E-state index contributed by atoms with van der Waals surface area (Å²) >= 11 is 6.45. The number of anilines is 1. The van der Waals surface area contributed by atoms with Crippen LogP contribution in [0.25, 0.3) is 0 Å². The largest absolute Gasteiger partial charge is 0.490 e. The van der Waals surface area contributed by atoms with Crippen LogP contribution in [-0.2, 0) is 40.6 Å². The van der Waals surface area contributed by atoms with Gasteiger partial charge >= 0.3 is 5.69 Å². The van der Waals surface area contributed by atoms with Crippen molar-refractivity contribution < 1.29 is 23.3 Å². The number of ether oxygens (including phenoxy) is 2. The smallest absolute Gasteiger partial charge is 0.328 e. The Morgan fingerprint density at radius 3 is 2.71 bits per heavy atom. The quantitative estimate of drug-likeness (QED) is 0.356. The van der Waals surface area contributed by atoms with E-state index in [1.54, 1.807) is 25.3 Å². The molecule has 2 aliphatic carbocycles. The van der Waals surface area contributed by atoms with Gasteiger partial charge in [-0.2, -0.15) is 0 Å². The van der Waals surface area contributed by atoms with E-state index in [1.807, 2.05) is 19.1 Å². The average molecular weight is 736 g/mol. The van der Waals surface area contributed by atoms with E-state index in [-0.39, 0.29) is 34.4 Å². The molecule has 13 heteroatoms. The molecule has 7 rings (SSSR count). The normalized spacial score (nSPS) is 29.8. The van der Waals surface area contributed by atoms with Crippen molar-refractivity contribution in [3.05, 3.63) is 92.6 Å². The zero-order chi connectivity index (χ0) is 36.1. The SMILES string of the molecule is CO[C@H]1/C=C/C[C@H](C)CS(=O)(NC(=O)c2cn(C)c(=O)n2C)=NC(=O)c2ccc3c(c2)N(C[C@@H]2CC[C@H]21)C[C@@]1(CCCc2cc(Cl)ccc21)CO3. The minimum atomic E-state index is -3.63. The molecular formula is C38H46ClN5O6S. The lowest BCUT2D eigenvalue weighted by Crippen LogP contribution is -2.49. The summed E-state index contributed by atoms with van der Waals surface area (Å²) in [5, 5.41) is 0.728. The summed E-state index contributed by atoms with van der Waals surface area (Å²) in [4.78, 5) is 42.2. The first-order valence-electron chi connectivity index (χ1n) is 17.7. The number of hydrogen-bond acceptors (Lipinski definition) is 7. The standard InChI is InChI=1S/C38H46ClN5O6S/c1-24-7-5-9-33(49-4)29-13-10-27(29)19-44-22-38(16-6-8-25-17-28(39)12-14-30(25)38)23-50-34-15-11-26(18-31(34)44)35(45)40-51(48,21-24)41-36(46)32-20-42(2)37(47)43(32)3/h5,9,11-12,14-15,17-18,20,24,27,29,33H,6-8,10,13,16,19,21-23H2,1-4H3,(H,40,41,45,46,48)/b9-5+/t24-,27-,29+,33-,38-,51?/m0/s1. The molecule has 2 aliphatic heterocycles. The summed E-state index contributed by atoms with van der Waals surface area (Å²) < 4.78 is 36.4. The molecule has 51 heavy (non-hydrogen) atoms. The Labute approximate surface area is 304 Å². The van der Waals surface area contributed by atoms with Crippen LogP contribution in [0.3, 0.4) is 0 Å². The molecule has 1 spiro atoms. The van der Waals surface area contributed by atoms with Crippen molar-refractivity contribution >= 4 is 39.0 Å². The van der Waals surface area contributed by atoms with Gasteiger partial charge in [-0.25, -0.2) is 9.00 Å². The van der Waals surface area contributed by atoms with E-state index in [9.17, 15) is 18.6 Å². The first-order valence-corrected chi connectivity index (χ1v) is 19.8. The van der Waals surface area contributed by atoms with E-state index >= 15 is 0 Å². The van der Waals surface area contributed by atoms with Gasteiger partial charge in [0.25, 0.3) is 11.8 Å². The number of amides is 2. The lowest BCUT2D eigenvalue weighted by atomic mass is 9.68. The van der Waals surface area contributed by atoms with Crippen LogP contribution in [0.5, 0.6) is 5.75 Å². The number of fused-ring (bicyclic) bond motifs is 4. The van der Waals surface area contributed by atoms with Crippen molar-refractivity contribution in [1.29, 1.82) is 0 Å². The molecule has 11 nitrogen and oxygen atoms in total. The molecule has 1 unspecified atom stereocenters. The van der Waals surface area contributed by atoms with Gasteiger partial charge in [0.15, 0.2) is 0 Å². The first kappa shape index (κ1) is 35.5. The molecule has 2 amide bonds. The van der Waals surface area contributed by atoms with Crippen molar-refractivity contribution in [2.45, 2.75) is 57.0 Å². The zero-order valence-corrected chi connectivity index (χ0v) is 31.2. The zero-order valence-electron chi connectivity index (χ0n) is 29.6. The Balaban J connectivity index is 1.31. The first-order chi connectivity index (χ1) is 24.4. The van der Waals surface area contributed by atoms with Crippen LogP contribution in [0.4, 0.5) is 5.69 Å². The van der Waals surface area contributed by atoms with Gasteiger partial charge in [-0.1, -0.05) is 36.7 Å². The Hall–Kier alpha value is -3.87. The monoisotopic (exact) mass is 735 g/mol. The topological polar surface area (TPSA) is 124 Å². The minimum Gasteiger partial charge on any atom is -0.490 e. The van der Waals surface area contributed by atoms with Gasteiger partial charge in [0, 0.05) is 56.5 Å². The van der Waals surface area contributed by atoms with Gasteiger partial charge < -0.3 is 18.9 Å².